The summed E-state index contributed by atoms with van der Waals surface area (Å²) >= 11 is 0. The van der Waals surface area contributed by atoms with E-state index in [0.717, 1.165) is 0 Å². The number of rotatable bonds is 3. The lowest BCUT2D eigenvalue weighted by molar-refractivity contribution is -0.156. The number of carboxylic acids is 1. The van der Waals surface area contributed by atoms with E-state index in [0.29, 0.717) is 5.56 Å². The standard InChI is InChI=1S/C12H12O4/c13-9-6-12(7-9,10(14)11(15)16)8-4-2-1-3-5-8/h1-5,9,13H,6-7H2,(H,15,16). The van der Waals surface area contributed by atoms with Crippen LogP contribution in [0.2, 0.25) is 0 Å². The minimum atomic E-state index is -1.43. The monoisotopic (exact) mass is 220 g/mol. The highest BCUT2D eigenvalue weighted by molar-refractivity contribution is 6.36. The van der Waals surface area contributed by atoms with Crippen LogP contribution in [0.15, 0.2) is 30.3 Å². The maximum Gasteiger partial charge on any atom is 0.373 e. The zero-order valence-corrected chi connectivity index (χ0v) is 8.59. The minimum Gasteiger partial charge on any atom is -0.475 e. The molecule has 4 heteroatoms. The largest absolute Gasteiger partial charge is 0.475 e. The second kappa shape index (κ2) is 3.72. The number of aliphatic carboxylic acids is 1. The molecule has 0 radical (unpaired) electrons. The smallest absolute Gasteiger partial charge is 0.373 e. The van der Waals surface area contributed by atoms with Gasteiger partial charge in [0.2, 0.25) is 0 Å². The fourth-order valence-corrected chi connectivity index (χ4v) is 2.26. The van der Waals surface area contributed by atoms with Crippen LogP contribution in [0.25, 0.3) is 0 Å². The topological polar surface area (TPSA) is 74.6 Å². The van der Waals surface area contributed by atoms with Crippen molar-refractivity contribution in [2.45, 2.75) is 24.4 Å². The van der Waals surface area contributed by atoms with Gasteiger partial charge in [0.1, 0.15) is 0 Å². The second-order valence-electron chi connectivity index (χ2n) is 4.14. The zero-order valence-electron chi connectivity index (χ0n) is 8.59. The zero-order chi connectivity index (χ0) is 11.8. The molecule has 0 spiro atoms. The predicted molar refractivity (Wildman–Crippen MR) is 56.0 cm³/mol. The molecule has 0 unspecified atom stereocenters. The van der Waals surface area contributed by atoms with E-state index >= 15 is 0 Å². The molecule has 1 aromatic carbocycles. The molecular weight excluding hydrogens is 208 g/mol. The molecule has 0 amide bonds. The molecule has 1 saturated carbocycles. The van der Waals surface area contributed by atoms with Crippen molar-refractivity contribution in [1.82, 2.24) is 0 Å². The fraction of sp³-hybridized carbons (Fsp3) is 0.333. The van der Waals surface area contributed by atoms with Crippen LogP contribution in [0.5, 0.6) is 0 Å². The molecule has 0 saturated heterocycles. The van der Waals surface area contributed by atoms with Crippen molar-refractivity contribution in [3.05, 3.63) is 35.9 Å². The van der Waals surface area contributed by atoms with Crippen LogP contribution in [0.1, 0.15) is 18.4 Å². The second-order valence-corrected chi connectivity index (χ2v) is 4.14. The molecule has 84 valence electrons. The van der Waals surface area contributed by atoms with Crippen molar-refractivity contribution in [3.63, 3.8) is 0 Å². The number of carboxylic acid groups (broad SMARTS) is 1. The Kier molecular flexibility index (Phi) is 2.52. The first-order chi connectivity index (χ1) is 7.56. The molecule has 1 aliphatic rings. The summed E-state index contributed by atoms with van der Waals surface area (Å²) in [5.74, 6) is -2.26. The molecule has 2 rings (SSSR count). The Hall–Kier alpha value is -1.68. The quantitative estimate of drug-likeness (QED) is 0.736. The first-order valence-corrected chi connectivity index (χ1v) is 5.07. The molecule has 1 aromatic rings. The highest BCUT2D eigenvalue weighted by atomic mass is 16.4. The number of aliphatic hydroxyl groups is 1. The SMILES string of the molecule is O=C(O)C(=O)C1(c2ccccc2)CC(O)C1. The highest BCUT2D eigenvalue weighted by Crippen LogP contribution is 2.44. The Morgan fingerprint density at radius 1 is 1.19 bits per heavy atom. The molecule has 0 aromatic heterocycles. The van der Waals surface area contributed by atoms with Crippen molar-refractivity contribution < 1.29 is 19.8 Å². The lowest BCUT2D eigenvalue weighted by Gasteiger charge is -2.43. The molecule has 0 heterocycles. The predicted octanol–water partition coefficient (Wildman–Crippen LogP) is 0.733. The summed E-state index contributed by atoms with van der Waals surface area (Å²) in [7, 11) is 0. The van der Waals surface area contributed by atoms with Crippen LogP contribution in [0.4, 0.5) is 0 Å². The summed E-state index contributed by atoms with van der Waals surface area (Å²) in [6, 6.07) is 8.78. The first kappa shape index (κ1) is 10.8. The Balaban J connectivity index is 2.38. The maximum atomic E-state index is 11.7. The maximum absolute atomic E-state index is 11.7. The van der Waals surface area contributed by atoms with E-state index in [1.165, 1.54) is 0 Å². The van der Waals surface area contributed by atoms with Crippen LogP contribution >= 0.6 is 0 Å². The van der Waals surface area contributed by atoms with Crippen molar-refractivity contribution in [2.75, 3.05) is 0 Å². The Morgan fingerprint density at radius 3 is 2.19 bits per heavy atom. The van der Waals surface area contributed by atoms with Gasteiger partial charge in [-0.2, -0.15) is 0 Å². The van der Waals surface area contributed by atoms with Gasteiger partial charge >= 0.3 is 5.97 Å². The van der Waals surface area contributed by atoms with E-state index in [9.17, 15) is 14.7 Å². The summed E-state index contributed by atoms with van der Waals surface area (Å²) in [4.78, 5) is 22.5. The normalized spacial score (nSPS) is 28.2. The van der Waals surface area contributed by atoms with Crippen LogP contribution in [-0.4, -0.2) is 28.1 Å². The summed E-state index contributed by atoms with van der Waals surface area (Å²) in [6.45, 7) is 0. The lowest BCUT2D eigenvalue weighted by Crippen LogP contribution is -2.53. The summed E-state index contributed by atoms with van der Waals surface area (Å²) in [5, 5.41) is 18.1. The Bertz CT molecular complexity index is 418. The number of Topliss-reactive ketones (excluding diaryl/α,β-unsaturated/α-hetero) is 1. The fourth-order valence-electron chi connectivity index (χ4n) is 2.26. The molecule has 1 aliphatic carbocycles. The number of carbonyl (C=O) groups excluding carboxylic acids is 1. The van der Waals surface area contributed by atoms with Crippen LogP contribution in [0.3, 0.4) is 0 Å². The highest BCUT2D eigenvalue weighted by Gasteiger charge is 2.53. The van der Waals surface area contributed by atoms with E-state index in [2.05, 4.69) is 0 Å². The molecular formula is C12H12O4. The summed E-state index contributed by atoms with van der Waals surface area (Å²) in [5.41, 5.74) is -0.348. The van der Waals surface area contributed by atoms with Crippen LogP contribution < -0.4 is 0 Å². The molecule has 0 aliphatic heterocycles. The van der Waals surface area contributed by atoms with Gasteiger partial charge in [0.05, 0.1) is 11.5 Å². The van der Waals surface area contributed by atoms with E-state index in [-0.39, 0.29) is 12.8 Å². The van der Waals surface area contributed by atoms with E-state index in [1.807, 2.05) is 0 Å². The van der Waals surface area contributed by atoms with E-state index in [4.69, 9.17) is 5.11 Å². The number of ketones is 1. The Morgan fingerprint density at radius 2 is 1.75 bits per heavy atom. The summed E-state index contributed by atoms with van der Waals surface area (Å²) in [6.07, 6.45) is -0.187. The third kappa shape index (κ3) is 1.51. The molecule has 0 bridgehead atoms. The number of hydrogen-bond donors (Lipinski definition) is 2. The van der Waals surface area contributed by atoms with Gasteiger partial charge in [0.15, 0.2) is 0 Å². The van der Waals surface area contributed by atoms with Crippen molar-refractivity contribution >= 4 is 11.8 Å². The number of benzene rings is 1. The summed E-state index contributed by atoms with van der Waals surface area (Å²) < 4.78 is 0. The van der Waals surface area contributed by atoms with Crippen LogP contribution in [0, 0.1) is 0 Å². The number of hydrogen-bond acceptors (Lipinski definition) is 3. The van der Waals surface area contributed by atoms with Gasteiger partial charge in [0, 0.05) is 0 Å². The third-order valence-electron chi connectivity index (χ3n) is 3.12. The van der Waals surface area contributed by atoms with Crippen LogP contribution in [-0.2, 0) is 15.0 Å². The van der Waals surface area contributed by atoms with Gasteiger partial charge in [-0.3, -0.25) is 4.79 Å². The van der Waals surface area contributed by atoms with Gasteiger partial charge in [-0.05, 0) is 18.4 Å². The molecule has 1 fully saturated rings. The van der Waals surface area contributed by atoms with E-state index < -0.39 is 23.3 Å². The van der Waals surface area contributed by atoms with Crippen molar-refractivity contribution in [3.8, 4) is 0 Å². The molecule has 16 heavy (non-hydrogen) atoms. The lowest BCUT2D eigenvalue weighted by atomic mass is 9.60. The van der Waals surface area contributed by atoms with Gasteiger partial charge in [0.25, 0.3) is 5.78 Å². The molecule has 2 N–H and O–H groups in total. The van der Waals surface area contributed by atoms with Gasteiger partial charge in [-0.15, -0.1) is 0 Å². The Labute approximate surface area is 92.5 Å². The molecule has 4 nitrogen and oxygen atoms in total. The van der Waals surface area contributed by atoms with Gasteiger partial charge in [-0.1, -0.05) is 30.3 Å². The van der Waals surface area contributed by atoms with E-state index in [1.54, 1.807) is 30.3 Å². The van der Waals surface area contributed by atoms with Crippen molar-refractivity contribution in [1.29, 1.82) is 0 Å². The first-order valence-electron chi connectivity index (χ1n) is 5.07. The minimum absolute atomic E-state index is 0.197. The third-order valence-corrected chi connectivity index (χ3v) is 3.12. The van der Waals surface area contributed by atoms with Gasteiger partial charge < -0.3 is 10.2 Å². The van der Waals surface area contributed by atoms with Crippen molar-refractivity contribution in [2.24, 2.45) is 0 Å². The average molecular weight is 220 g/mol. The number of carbonyl (C=O) groups is 2. The average Bonchev–Trinajstić information content (AvgIpc) is 2.24. The van der Waals surface area contributed by atoms with Gasteiger partial charge in [-0.25, -0.2) is 4.79 Å². The number of aliphatic hydroxyl groups excluding tert-OH is 1. The molecule has 0 atom stereocenters.